The Bertz CT molecular complexity index is 222. The van der Waals surface area contributed by atoms with Crippen LogP contribution >= 0.6 is 0 Å². The molecule has 0 saturated carbocycles. The molecule has 0 aliphatic carbocycles. The largest absolute Gasteiger partial charge is 0.276 e. The third-order valence-electron chi connectivity index (χ3n) is 1.89. The summed E-state index contributed by atoms with van der Waals surface area (Å²) in [4.78, 5) is 5.17. The highest BCUT2D eigenvalue weighted by Crippen LogP contribution is 2.18. The molecule has 1 heterocycles. The van der Waals surface area contributed by atoms with Crippen molar-refractivity contribution in [3.8, 4) is 0 Å². The SMILES string of the molecule is c1ccc2c(c1)CCCON2. The van der Waals surface area contributed by atoms with Crippen LogP contribution in [0.25, 0.3) is 0 Å². The molecule has 0 atom stereocenters. The molecule has 2 rings (SSSR count). The lowest BCUT2D eigenvalue weighted by atomic mass is 10.1. The van der Waals surface area contributed by atoms with Crippen molar-refractivity contribution in [3.63, 3.8) is 0 Å². The lowest BCUT2D eigenvalue weighted by Crippen LogP contribution is -1.99. The monoisotopic (exact) mass is 149 g/mol. The average molecular weight is 149 g/mol. The second kappa shape index (κ2) is 2.93. The fraction of sp³-hybridized carbons (Fsp3) is 0.333. The van der Waals surface area contributed by atoms with E-state index in [-0.39, 0.29) is 0 Å². The maximum absolute atomic E-state index is 5.17. The fourth-order valence-corrected chi connectivity index (χ4v) is 1.30. The summed E-state index contributed by atoms with van der Waals surface area (Å²) in [6.07, 6.45) is 2.22. The average Bonchev–Trinajstić information content (AvgIpc) is 2.28. The highest BCUT2D eigenvalue weighted by atomic mass is 16.6. The second-order valence-corrected chi connectivity index (χ2v) is 2.71. The maximum atomic E-state index is 5.17. The van der Waals surface area contributed by atoms with Gasteiger partial charge in [-0.1, -0.05) is 18.2 Å². The van der Waals surface area contributed by atoms with Crippen molar-refractivity contribution in [1.29, 1.82) is 0 Å². The smallest absolute Gasteiger partial charge is 0.0749 e. The Balaban J connectivity index is 2.33. The van der Waals surface area contributed by atoms with Crippen LogP contribution in [-0.4, -0.2) is 6.61 Å². The molecule has 0 spiro atoms. The Morgan fingerprint density at radius 1 is 1.27 bits per heavy atom. The molecule has 0 aromatic heterocycles. The van der Waals surface area contributed by atoms with Crippen LogP contribution in [0.1, 0.15) is 12.0 Å². The molecule has 0 fully saturated rings. The number of para-hydroxylation sites is 1. The van der Waals surface area contributed by atoms with Gasteiger partial charge in [0.1, 0.15) is 0 Å². The molecule has 0 saturated heterocycles. The summed E-state index contributed by atoms with van der Waals surface area (Å²) in [7, 11) is 0. The van der Waals surface area contributed by atoms with Crippen molar-refractivity contribution < 1.29 is 4.84 Å². The van der Waals surface area contributed by atoms with Crippen molar-refractivity contribution in [3.05, 3.63) is 29.8 Å². The summed E-state index contributed by atoms with van der Waals surface area (Å²) < 4.78 is 0. The van der Waals surface area contributed by atoms with Gasteiger partial charge in [-0.2, -0.15) is 0 Å². The first-order chi connectivity index (χ1) is 5.47. The second-order valence-electron chi connectivity index (χ2n) is 2.71. The number of hydrogen-bond acceptors (Lipinski definition) is 2. The van der Waals surface area contributed by atoms with Crippen molar-refractivity contribution in [2.75, 3.05) is 12.1 Å². The molecule has 1 N–H and O–H groups in total. The molecule has 1 aliphatic heterocycles. The molecule has 0 unspecified atom stereocenters. The predicted octanol–water partition coefficient (Wildman–Crippen LogP) is 1.98. The van der Waals surface area contributed by atoms with Gasteiger partial charge in [-0.15, -0.1) is 0 Å². The first-order valence-electron chi connectivity index (χ1n) is 3.92. The van der Waals surface area contributed by atoms with E-state index in [9.17, 15) is 0 Å². The van der Waals surface area contributed by atoms with Crippen molar-refractivity contribution in [2.45, 2.75) is 12.8 Å². The first kappa shape index (κ1) is 6.68. The third kappa shape index (κ3) is 1.35. The van der Waals surface area contributed by atoms with E-state index < -0.39 is 0 Å². The van der Waals surface area contributed by atoms with Crippen LogP contribution in [0.3, 0.4) is 0 Å². The van der Waals surface area contributed by atoms with E-state index in [1.165, 1.54) is 5.56 Å². The lowest BCUT2D eigenvalue weighted by molar-refractivity contribution is 0.196. The van der Waals surface area contributed by atoms with Gasteiger partial charge in [-0.25, -0.2) is 0 Å². The van der Waals surface area contributed by atoms with Crippen LogP contribution in [0.2, 0.25) is 0 Å². The Morgan fingerprint density at radius 3 is 3.18 bits per heavy atom. The molecule has 1 aromatic rings. The standard InChI is InChI=1S/C9H11NO/c1-2-6-9-8(4-1)5-3-7-11-10-9/h1-2,4,6,10H,3,5,7H2. The van der Waals surface area contributed by atoms with Gasteiger partial charge in [0.15, 0.2) is 0 Å². The van der Waals surface area contributed by atoms with Gasteiger partial charge in [0, 0.05) is 0 Å². The lowest BCUT2D eigenvalue weighted by Gasteiger charge is -2.04. The van der Waals surface area contributed by atoms with Crippen molar-refractivity contribution in [2.24, 2.45) is 0 Å². The van der Waals surface area contributed by atoms with Gasteiger partial charge >= 0.3 is 0 Å². The maximum Gasteiger partial charge on any atom is 0.0749 e. The van der Waals surface area contributed by atoms with E-state index in [4.69, 9.17) is 4.84 Å². The third-order valence-corrected chi connectivity index (χ3v) is 1.89. The molecular weight excluding hydrogens is 138 g/mol. The molecule has 1 aromatic carbocycles. The number of fused-ring (bicyclic) bond motifs is 1. The topological polar surface area (TPSA) is 21.3 Å². The van der Waals surface area contributed by atoms with Crippen LogP contribution in [0.5, 0.6) is 0 Å². The van der Waals surface area contributed by atoms with E-state index in [2.05, 4.69) is 17.6 Å². The van der Waals surface area contributed by atoms with Gasteiger partial charge in [-0.3, -0.25) is 10.3 Å². The number of aryl methyl sites for hydroxylation is 1. The van der Waals surface area contributed by atoms with Crippen LogP contribution in [0, 0.1) is 0 Å². The summed E-state index contributed by atoms with van der Waals surface area (Å²) >= 11 is 0. The van der Waals surface area contributed by atoms with Gasteiger partial charge in [0.25, 0.3) is 0 Å². The van der Waals surface area contributed by atoms with Gasteiger partial charge in [0.2, 0.25) is 0 Å². The molecule has 2 nitrogen and oxygen atoms in total. The zero-order chi connectivity index (χ0) is 7.52. The Hall–Kier alpha value is -1.02. The summed E-state index contributed by atoms with van der Waals surface area (Å²) in [5, 5.41) is 0. The minimum absolute atomic E-state index is 0.800. The van der Waals surface area contributed by atoms with E-state index in [0.29, 0.717) is 0 Å². The Labute approximate surface area is 66.1 Å². The highest BCUT2D eigenvalue weighted by molar-refractivity contribution is 5.49. The van der Waals surface area contributed by atoms with Gasteiger partial charge in [0.05, 0.1) is 12.3 Å². The quantitative estimate of drug-likeness (QED) is 0.609. The van der Waals surface area contributed by atoms with Crippen molar-refractivity contribution in [1.82, 2.24) is 0 Å². The normalized spacial score (nSPS) is 16.4. The van der Waals surface area contributed by atoms with Crippen LogP contribution in [-0.2, 0) is 11.3 Å². The number of hydrogen-bond donors (Lipinski definition) is 1. The molecule has 2 heteroatoms. The molecule has 1 aliphatic rings. The summed E-state index contributed by atoms with van der Waals surface area (Å²) in [5.41, 5.74) is 5.39. The molecule has 11 heavy (non-hydrogen) atoms. The fourth-order valence-electron chi connectivity index (χ4n) is 1.30. The molecule has 0 amide bonds. The zero-order valence-electron chi connectivity index (χ0n) is 6.34. The molecule has 0 radical (unpaired) electrons. The van der Waals surface area contributed by atoms with Crippen LogP contribution in [0.4, 0.5) is 5.69 Å². The van der Waals surface area contributed by atoms with Gasteiger partial charge < -0.3 is 0 Å². The number of rotatable bonds is 0. The zero-order valence-corrected chi connectivity index (χ0v) is 6.34. The highest BCUT2D eigenvalue weighted by Gasteiger charge is 2.04. The number of benzene rings is 1. The summed E-state index contributed by atoms with van der Waals surface area (Å²) in [6.45, 7) is 0.800. The summed E-state index contributed by atoms with van der Waals surface area (Å²) in [5.74, 6) is 0. The number of nitrogens with one attached hydrogen (secondary N) is 1. The van der Waals surface area contributed by atoms with Crippen LogP contribution in [0.15, 0.2) is 24.3 Å². The van der Waals surface area contributed by atoms with E-state index in [1.54, 1.807) is 0 Å². The summed E-state index contributed by atoms with van der Waals surface area (Å²) in [6, 6.07) is 8.25. The number of anilines is 1. The van der Waals surface area contributed by atoms with Crippen molar-refractivity contribution >= 4 is 5.69 Å². The molecule has 58 valence electrons. The van der Waals surface area contributed by atoms with E-state index >= 15 is 0 Å². The minimum Gasteiger partial charge on any atom is -0.276 e. The predicted molar refractivity (Wildman–Crippen MR) is 44.3 cm³/mol. The first-order valence-corrected chi connectivity index (χ1v) is 3.92. The Kier molecular flexibility index (Phi) is 1.78. The minimum atomic E-state index is 0.800. The van der Waals surface area contributed by atoms with E-state index in [1.807, 2.05) is 12.1 Å². The molecular formula is C9H11NO. The van der Waals surface area contributed by atoms with E-state index in [0.717, 1.165) is 25.1 Å². The Morgan fingerprint density at radius 2 is 2.18 bits per heavy atom. The van der Waals surface area contributed by atoms with Crippen LogP contribution < -0.4 is 5.48 Å². The molecule has 0 bridgehead atoms. The van der Waals surface area contributed by atoms with Gasteiger partial charge in [-0.05, 0) is 24.5 Å².